The largest absolute Gasteiger partial charge is 0.416 e. The molecule has 1 atom stereocenters. The van der Waals surface area contributed by atoms with Crippen LogP contribution in [0.15, 0.2) is 60.1 Å². The number of benzene rings is 1. The molecule has 0 bridgehead atoms. The summed E-state index contributed by atoms with van der Waals surface area (Å²) < 4.78 is 40.6. The first-order valence-electron chi connectivity index (χ1n) is 8.89. The number of pyridine rings is 1. The molecule has 2 aliphatic heterocycles. The number of halogens is 3. The van der Waals surface area contributed by atoms with Crippen LogP contribution in [0, 0.1) is 0 Å². The number of aromatic nitrogens is 1. The molecule has 0 saturated heterocycles. The number of nitrogens with zero attached hydrogens (tertiary/aromatic N) is 3. The first-order valence-corrected chi connectivity index (χ1v) is 8.89. The fourth-order valence-corrected chi connectivity index (χ4v) is 3.70. The number of urea groups is 1. The van der Waals surface area contributed by atoms with E-state index in [-0.39, 0.29) is 24.2 Å². The minimum atomic E-state index is -4.61. The van der Waals surface area contributed by atoms with Gasteiger partial charge in [-0.25, -0.2) is 4.79 Å². The highest BCUT2D eigenvalue weighted by atomic mass is 19.4. The molecule has 1 aromatic heterocycles. The number of hydrogen-bond donors (Lipinski definition) is 1. The average molecular weight is 402 g/mol. The van der Waals surface area contributed by atoms with Crippen molar-refractivity contribution >= 4 is 11.9 Å². The first kappa shape index (κ1) is 19.0. The van der Waals surface area contributed by atoms with Crippen molar-refractivity contribution in [1.29, 1.82) is 0 Å². The molecule has 0 spiro atoms. The number of carbonyl (C=O) groups is 2. The molecule has 1 N–H and O–H groups in total. The third kappa shape index (κ3) is 3.32. The number of rotatable bonds is 3. The topological polar surface area (TPSA) is 65.5 Å². The Labute approximate surface area is 164 Å². The van der Waals surface area contributed by atoms with Gasteiger partial charge >= 0.3 is 12.2 Å². The van der Waals surface area contributed by atoms with Gasteiger partial charge in [0.05, 0.1) is 29.4 Å². The van der Waals surface area contributed by atoms with Crippen LogP contribution < -0.4 is 5.32 Å². The van der Waals surface area contributed by atoms with E-state index in [0.29, 0.717) is 5.70 Å². The van der Waals surface area contributed by atoms with Crippen molar-refractivity contribution in [1.82, 2.24) is 20.1 Å². The van der Waals surface area contributed by atoms with E-state index in [2.05, 4.69) is 10.3 Å². The highest BCUT2D eigenvalue weighted by molar-refractivity contribution is 6.01. The lowest BCUT2D eigenvalue weighted by atomic mass is 9.92. The van der Waals surface area contributed by atoms with E-state index >= 15 is 0 Å². The molecule has 150 valence electrons. The predicted octanol–water partition coefficient (Wildman–Crippen LogP) is 3.09. The van der Waals surface area contributed by atoms with Crippen LogP contribution >= 0.6 is 0 Å². The molecular formula is C20H17F3N4O2. The molecule has 2 aromatic rings. The minimum Gasteiger partial charge on any atom is -0.329 e. The average Bonchev–Trinajstić information content (AvgIpc) is 3.01. The molecule has 6 nitrogen and oxygen atoms in total. The fourth-order valence-electron chi connectivity index (χ4n) is 3.70. The van der Waals surface area contributed by atoms with Crippen molar-refractivity contribution in [2.45, 2.75) is 18.8 Å². The number of carbonyl (C=O) groups excluding carboxylic acids is 2. The lowest BCUT2D eigenvalue weighted by Crippen LogP contribution is -2.45. The van der Waals surface area contributed by atoms with Gasteiger partial charge in [-0.15, -0.1) is 0 Å². The van der Waals surface area contributed by atoms with Gasteiger partial charge in [-0.3, -0.25) is 14.7 Å². The van der Waals surface area contributed by atoms with E-state index < -0.39 is 29.7 Å². The maximum absolute atomic E-state index is 13.5. The maximum Gasteiger partial charge on any atom is 0.416 e. The fraction of sp³-hybridized carbons (Fsp3) is 0.250. The zero-order valence-electron chi connectivity index (χ0n) is 15.4. The van der Waals surface area contributed by atoms with Crippen LogP contribution in [0.4, 0.5) is 18.0 Å². The van der Waals surface area contributed by atoms with Crippen molar-refractivity contribution in [3.8, 4) is 0 Å². The Bertz CT molecular complexity index is 1000. The van der Waals surface area contributed by atoms with E-state index in [9.17, 15) is 22.8 Å². The number of amides is 3. The van der Waals surface area contributed by atoms with E-state index in [1.165, 1.54) is 35.0 Å². The van der Waals surface area contributed by atoms with Gasteiger partial charge < -0.3 is 10.2 Å². The zero-order valence-corrected chi connectivity index (χ0v) is 15.4. The van der Waals surface area contributed by atoms with E-state index in [4.69, 9.17) is 0 Å². The molecule has 1 unspecified atom stereocenters. The van der Waals surface area contributed by atoms with Crippen LogP contribution in [0.25, 0.3) is 0 Å². The lowest BCUT2D eigenvalue weighted by molar-refractivity contribution is -0.138. The molecule has 2 aliphatic rings. The number of alkyl halides is 3. The molecule has 3 heterocycles. The second kappa shape index (κ2) is 6.91. The summed E-state index contributed by atoms with van der Waals surface area (Å²) in [7, 11) is 1.50. The summed E-state index contributed by atoms with van der Waals surface area (Å²) in [6.07, 6.45) is -1.41. The smallest absolute Gasteiger partial charge is 0.329 e. The van der Waals surface area contributed by atoms with Crippen molar-refractivity contribution in [2.75, 3.05) is 13.6 Å². The Morgan fingerprint density at radius 3 is 2.52 bits per heavy atom. The van der Waals surface area contributed by atoms with Crippen LogP contribution in [-0.4, -0.2) is 40.3 Å². The summed E-state index contributed by atoms with van der Waals surface area (Å²) in [6, 6.07) is 6.79. The summed E-state index contributed by atoms with van der Waals surface area (Å²) in [5.74, 6) is -0.398. The molecular weight excluding hydrogens is 385 g/mol. The standard InChI is InChI=1S/C20H17F3N4O2/c1-26-15-11-27(10-12-6-8-24-9-7-12)18(28)16(15)17(25-19(26)29)13-4-2-3-5-14(13)20(21,22)23/h2-9,17H,10-11H2,1H3,(H,25,29). The summed E-state index contributed by atoms with van der Waals surface area (Å²) in [5, 5.41) is 2.55. The lowest BCUT2D eigenvalue weighted by Gasteiger charge is -2.32. The van der Waals surface area contributed by atoms with Gasteiger partial charge in [0, 0.05) is 26.0 Å². The predicted molar refractivity (Wildman–Crippen MR) is 97.2 cm³/mol. The third-order valence-corrected chi connectivity index (χ3v) is 5.14. The molecule has 3 amide bonds. The highest BCUT2D eigenvalue weighted by Gasteiger charge is 2.45. The summed E-state index contributed by atoms with van der Waals surface area (Å²) in [5.41, 5.74) is 0.394. The van der Waals surface area contributed by atoms with Crippen molar-refractivity contribution in [2.24, 2.45) is 0 Å². The van der Waals surface area contributed by atoms with Crippen LogP contribution in [0.5, 0.6) is 0 Å². The van der Waals surface area contributed by atoms with E-state index in [1.54, 1.807) is 24.5 Å². The van der Waals surface area contributed by atoms with Gasteiger partial charge in [-0.1, -0.05) is 18.2 Å². The summed E-state index contributed by atoms with van der Waals surface area (Å²) >= 11 is 0. The van der Waals surface area contributed by atoms with Crippen LogP contribution in [0.1, 0.15) is 22.7 Å². The summed E-state index contributed by atoms with van der Waals surface area (Å²) in [4.78, 5) is 32.3. The van der Waals surface area contributed by atoms with Gasteiger partial charge in [0.1, 0.15) is 0 Å². The minimum absolute atomic E-state index is 0.144. The molecule has 0 aliphatic carbocycles. The van der Waals surface area contributed by atoms with Crippen molar-refractivity contribution < 1.29 is 22.8 Å². The Morgan fingerprint density at radius 2 is 1.83 bits per heavy atom. The van der Waals surface area contributed by atoms with Crippen molar-refractivity contribution in [3.63, 3.8) is 0 Å². The maximum atomic E-state index is 13.5. The van der Waals surface area contributed by atoms with Crippen LogP contribution in [0.2, 0.25) is 0 Å². The Balaban J connectivity index is 1.74. The van der Waals surface area contributed by atoms with Crippen molar-refractivity contribution in [3.05, 3.63) is 76.8 Å². The quantitative estimate of drug-likeness (QED) is 0.858. The number of likely N-dealkylation sites (N-methyl/N-ethyl adjacent to an activating group) is 1. The Morgan fingerprint density at radius 1 is 1.14 bits per heavy atom. The van der Waals surface area contributed by atoms with Gasteiger partial charge in [0.25, 0.3) is 5.91 Å². The second-order valence-electron chi connectivity index (χ2n) is 6.90. The third-order valence-electron chi connectivity index (χ3n) is 5.14. The van der Waals surface area contributed by atoms with Gasteiger partial charge in [-0.2, -0.15) is 13.2 Å². The number of hydrogen-bond acceptors (Lipinski definition) is 3. The summed E-state index contributed by atoms with van der Waals surface area (Å²) in [6.45, 7) is 0.412. The molecule has 29 heavy (non-hydrogen) atoms. The van der Waals surface area contributed by atoms with Gasteiger partial charge in [-0.05, 0) is 29.3 Å². The molecule has 9 heteroatoms. The highest BCUT2D eigenvalue weighted by Crippen LogP contribution is 2.41. The molecule has 0 fully saturated rings. The molecule has 0 radical (unpaired) electrons. The molecule has 1 aromatic carbocycles. The van der Waals surface area contributed by atoms with E-state index in [1.807, 2.05) is 0 Å². The van der Waals surface area contributed by atoms with Crippen LogP contribution in [-0.2, 0) is 17.5 Å². The molecule has 0 saturated carbocycles. The first-order chi connectivity index (χ1) is 13.8. The van der Waals surface area contributed by atoms with Gasteiger partial charge in [0.2, 0.25) is 0 Å². The monoisotopic (exact) mass is 402 g/mol. The van der Waals surface area contributed by atoms with Gasteiger partial charge in [0.15, 0.2) is 0 Å². The molecule has 4 rings (SSSR count). The van der Waals surface area contributed by atoms with Crippen LogP contribution in [0.3, 0.4) is 0 Å². The normalized spacial score (nSPS) is 19.5. The second-order valence-corrected chi connectivity index (χ2v) is 6.90. The Kier molecular flexibility index (Phi) is 4.52. The Hall–Kier alpha value is -3.36. The van der Waals surface area contributed by atoms with E-state index in [0.717, 1.165) is 11.6 Å². The SMILES string of the molecule is CN1C(=O)NC(c2ccccc2C(F)(F)F)C2=C1CN(Cc1ccncc1)C2=O. The number of nitrogens with one attached hydrogen (secondary N) is 1. The zero-order chi connectivity index (χ0) is 20.8.